The average molecular weight is 1280 g/mol. The summed E-state index contributed by atoms with van der Waals surface area (Å²) in [7, 11) is 0. The molecule has 0 unspecified atom stereocenters. The van der Waals surface area contributed by atoms with Crippen LogP contribution in [-0.4, -0.2) is 11.4 Å². The first kappa shape index (κ1) is 68.9. The Kier molecular flexibility index (Phi) is 24.4. The van der Waals surface area contributed by atoms with Crippen molar-refractivity contribution in [2.24, 2.45) is 0 Å². The highest BCUT2D eigenvalue weighted by Crippen LogP contribution is 2.41. The van der Waals surface area contributed by atoms with E-state index in [1.54, 1.807) is 0 Å². The third-order valence-corrected chi connectivity index (χ3v) is 16.3. The lowest BCUT2D eigenvalue weighted by molar-refractivity contribution is 1.08. The summed E-state index contributed by atoms with van der Waals surface area (Å²) in [4.78, 5) is 9.11. The molecule has 0 bridgehead atoms. The Morgan fingerprint density at radius 1 is 0.141 bits per heavy atom. The molecule has 99 heavy (non-hydrogen) atoms. The molecular formula is C93H82N6. The first-order valence-corrected chi connectivity index (χ1v) is 32.4. The Hall–Kier alpha value is -12.9. The van der Waals surface area contributed by atoms with Gasteiger partial charge in [0.2, 0.25) is 34.2 Å². The van der Waals surface area contributed by atoms with E-state index < -0.39 is 0 Å². The molecule has 0 spiro atoms. The van der Waals surface area contributed by atoms with Gasteiger partial charge in [-0.3, -0.25) is 0 Å². The summed E-state index contributed by atoms with van der Waals surface area (Å²) < 4.78 is 4.55. The van der Waals surface area contributed by atoms with Crippen molar-refractivity contribution in [1.82, 2.24) is 9.15 Å². The molecular weight excluding hydrogens is 1200 g/mol. The van der Waals surface area contributed by atoms with Gasteiger partial charge in [-0.05, 0) is 146 Å². The Bertz CT molecular complexity index is 4000. The summed E-state index contributed by atoms with van der Waals surface area (Å²) in [5.74, 6) is 0. The lowest BCUT2D eigenvalue weighted by Crippen LogP contribution is -2.20. The SMILES string of the molecule is C.C1=CC(=[N+](c2ccccc2)c2ccccc2)C=CC1=[N+](c1ccccc1)c1ccccc1.[CH3-].[CH3-].c1ccc(N(c2ccccc2)c2ccc(N(c3ccccc3)c3ccccc3)cc2)cc1.c1ccc(N(c2ccccc2)c2ccc(N(c3ccccc3)c3ccccc3)cc2)cc1. The molecule has 0 aliphatic heterocycles. The second-order valence-corrected chi connectivity index (χ2v) is 22.6. The van der Waals surface area contributed by atoms with E-state index in [0.717, 1.165) is 102 Å². The smallest absolute Gasteiger partial charge is 0.212 e. The summed E-state index contributed by atoms with van der Waals surface area (Å²) in [5, 5.41) is 0. The van der Waals surface area contributed by atoms with Crippen LogP contribution in [0.25, 0.3) is 0 Å². The summed E-state index contributed by atoms with van der Waals surface area (Å²) in [6.45, 7) is 0. The molecule has 0 amide bonds. The van der Waals surface area contributed by atoms with E-state index >= 15 is 0 Å². The van der Waals surface area contributed by atoms with Gasteiger partial charge in [0.25, 0.3) is 0 Å². The number of rotatable bonds is 16. The largest absolute Gasteiger partial charge is 0.358 e. The molecule has 0 fully saturated rings. The van der Waals surface area contributed by atoms with Crippen molar-refractivity contribution in [3.05, 3.63) is 452 Å². The van der Waals surface area contributed by atoms with E-state index in [-0.39, 0.29) is 22.3 Å². The van der Waals surface area contributed by atoms with Crippen molar-refractivity contribution in [3.8, 4) is 0 Å². The molecule has 6 heteroatoms. The van der Waals surface area contributed by atoms with Gasteiger partial charge in [0.05, 0.1) is 0 Å². The minimum atomic E-state index is 0. The maximum Gasteiger partial charge on any atom is 0.212 e. The minimum absolute atomic E-state index is 0. The van der Waals surface area contributed by atoms with Crippen molar-refractivity contribution < 1.29 is 0 Å². The average Bonchev–Trinajstić information content (AvgIpc) is 0.819. The number of benzene rings is 14. The zero-order chi connectivity index (χ0) is 64.8. The van der Waals surface area contributed by atoms with Crippen molar-refractivity contribution in [2.75, 3.05) is 19.6 Å². The van der Waals surface area contributed by atoms with Crippen LogP contribution >= 0.6 is 0 Å². The Morgan fingerprint density at radius 3 is 0.384 bits per heavy atom. The molecule has 15 rings (SSSR count). The molecule has 0 aromatic heterocycles. The first-order chi connectivity index (χ1) is 47.7. The highest BCUT2D eigenvalue weighted by atomic mass is 15.2. The molecule has 0 heterocycles. The number of anilines is 12. The van der Waals surface area contributed by atoms with Gasteiger partial charge in [0.15, 0.2) is 0 Å². The van der Waals surface area contributed by atoms with E-state index in [0.29, 0.717) is 0 Å². The Morgan fingerprint density at radius 2 is 0.253 bits per heavy atom. The van der Waals surface area contributed by atoms with Gasteiger partial charge < -0.3 is 34.5 Å². The summed E-state index contributed by atoms with van der Waals surface area (Å²) in [6.07, 6.45) is 8.75. The molecule has 0 saturated carbocycles. The van der Waals surface area contributed by atoms with Gasteiger partial charge in [-0.25, -0.2) is 0 Å². The third-order valence-electron chi connectivity index (χ3n) is 16.3. The fraction of sp³-hybridized carbons (Fsp3) is 0.0108. The van der Waals surface area contributed by atoms with Crippen LogP contribution < -0.4 is 28.8 Å². The van der Waals surface area contributed by atoms with E-state index in [2.05, 4.69) is 393 Å². The maximum atomic E-state index is 2.28. The number of hydrogen-bond acceptors (Lipinski definition) is 4. The van der Waals surface area contributed by atoms with Crippen molar-refractivity contribution >= 4 is 102 Å². The lowest BCUT2D eigenvalue weighted by Gasteiger charge is -2.28. The molecule has 14 aromatic carbocycles. The van der Waals surface area contributed by atoms with Gasteiger partial charge in [0, 0.05) is 141 Å². The highest BCUT2D eigenvalue weighted by molar-refractivity contribution is 6.20. The van der Waals surface area contributed by atoms with Crippen LogP contribution in [0.1, 0.15) is 7.43 Å². The van der Waals surface area contributed by atoms with Gasteiger partial charge in [0.1, 0.15) is 0 Å². The summed E-state index contributed by atoms with van der Waals surface area (Å²) in [6, 6.07) is 143. The highest BCUT2D eigenvalue weighted by Gasteiger charge is 2.24. The van der Waals surface area contributed by atoms with Gasteiger partial charge in [-0.1, -0.05) is 226 Å². The first-order valence-electron chi connectivity index (χ1n) is 32.4. The fourth-order valence-electron chi connectivity index (χ4n) is 11.9. The lowest BCUT2D eigenvalue weighted by atomic mass is 10.1. The molecule has 484 valence electrons. The normalized spacial score (nSPS) is 10.9. The summed E-state index contributed by atoms with van der Waals surface area (Å²) >= 11 is 0. The Labute approximate surface area is 586 Å². The summed E-state index contributed by atoms with van der Waals surface area (Å²) in [5.41, 5.74) is 20.3. The maximum absolute atomic E-state index is 2.28. The van der Waals surface area contributed by atoms with E-state index in [1.807, 2.05) is 72.8 Å². The standard InChI is InChI=1S/3C30H24N2.CH4.2CH3/c3*1-5-13-25(14-6-1)31(26-15-7-2-8-16-26)29-21-23-30(24-22-29)32(27-17-9-3-10-18-27)28-19-11-4-12-20-28;;;/h3*1-24H;1H4;2*1H3/q;;+2;;2*-1. The monoisotopic (exact) mass is 1280 g/mol. The predicted octanol–water partition coefficient (Wildman–Crippen LogP) is 25.9. The minimum Gasteiger partial charge on any atom is -0.358 e. The van der Waals surface area contributed by atoms with Crippen LogP contribution in [0, 0.1) is 14.9 Å². The van der Waals surface area contributed by atoms with Crippen molar-refractivity contribution in [2.45, 2.75) is 7.43 Å². The number of para-hydroxylation sites is 12. The molecule has 14 aromatic rings. The van der Waals surface area contributed by atoms with Crippen LogP contribution in [-0.2, 0) is 0 Å². The fourth-order valence-corrected chi connectivity index (χ4v) is 11.9. The number of hydrogen-bond donors (Lipinski definition) is 0. The van der Waals surface area contributed by atoms with Crippen LogP contribution in [0.15, 0.2) is 437 Å². The zero-order valence-corrected chi connectivity index (χ0v) is 55.3. The van der Waals surface area contributed by atoms with Gasteiger partial charge in [-0.15, -0.1) is 0 Å². The second kappa shape index (κ2) is 35.0. The molecule has 0 atom stereocenters. The van der Waals surface area contributed by atoms with Crippen molar-refractivity contribution in [3.63, 3.8) is 0 Å². The van der Waals surface area contributed by atoms with Crippen LogP contribution in [0.3, 0.4) is 0 Å². The predicted molar refractivity (Wildman–Crippen MR) is 428 cm³/mol. The number of allylic oxidation sites excluding steroid dienone is 4. The molecule has 6 nitrogen and oxygen atoms in total. The van der Waals surface area contributed by atoms with Crippen molar-refractivity contribution in [1.29, 1.82) is 0 Å². The van der Waals surface area contributed by atoms with E-state index in [9.17, 15) is 0 Å². The Balaban J connectivity index is 0.000000158. The zero-order valence-electron chi connectivity index (χ0n) is 55.3. The van der Waals surface area contributed by atoms with Gasteiger partial charge >= 0.3 is 0 Å². The van der Waals surface area contributed by atoms with Gasteiger partial charge in [-0.2, -0.15) is 9.15 Å². The third kappa shape index (κ3) is 17.2. The van der Waals surface area contributed by atoms with E-state index in [4.69, 9.17) is 0 Å². The quantitative estimate of drug-likeness (QED) is 0.0545. The molecule has 1 aliphatic rings. The van der Waals surface area contributed by atoms with Crippen LogP contribution in [0.4, 0.5) is 91.0 Å². The molecule has 0 radical (unpaired) electrons. The number of nitrogens with zero attached hydrogens (tertiary/aromatic N) is 6. The molecule has 1 aliphatic carbocycles. The molecule has 0 saturated heterocycles. The van der Waals surface area contributed by atoms with E-state index in [1.165, 1.54) is 0 Å². The van der Waals surface area contributed by atoms with Crippen LogP contribution in [0.5, 0.6) is 0 Å². The topological polar surface area (TPSA) is 19.0 Å². The van der Waals surface area contributed by atoms with Crippen LogP contribution in [0.2, 0.25) is 0 Å². The second-order valence-electron chi connectivity index (χ2n) is 22.6. The molecule has 0 N–H and O–H groups in total.